The number of para-hydroxylation sites is 1. The summed E-state index contributed by atoms with van der Waals surface area (Å²) in [7, 11) is 0. The summed E-state index contributed by atoms with van der Waals surface area (Å²) in [5.74, 6) is 0.638. The summed E-state index contributed by atoms with van der Waals surface area (Å²) in [6, 6.07) is 13.4. The van der Waals surface area contributed by atoms with E-state index >= 15 is 0 Å². The average Bonchev–Trinajstić information content (AvgIpc) is 2.53. The number of hydrogen-bond donors (Lipinski definition) is 0. The van der Waals surface area contributed by atoms with Crippen LogP contribution in [0.4, 0.5) is 0 Å². The molecule has 0 saturated carbocycles. The van der Waals surface area contributed by atoms with Crippen molar-refractivity contribution >= 4 is 17.2 Å². The minimum absolute atomic E-state index is 0.396. The first kappa shape index (κ1) is 13.2. The Bertz CT molecular complexity index is 782. The molecule has 2 aromatic heterocycles. The normalized spacial score (nSPS) is 10.5. The number of aldehydes is 1. The van der Waals surface area contributed by atoms with E-state index < -0.39 is 0 Å². The molecular weight excluding hydrogens is 264 g/mol. The van der Waals surface area contributed by atoms with Crippen LogP contribution in [0.25, 0.3) is 10.9 Å². The maximum absolute atomic E-state index is 10.6. The van der Waals surface area contributed by atoms with Gasteiger partial charge in [0.2, 0.25) is 0 Å². The largest absolute Gasteiger partial charge is 0.487 e. The Morgan fingerprint density at radius 1 is 1.19 bits per heavy atom. The van der Waals surface area contributed by atoms with Gasteiger partial charge in [0.25, 0.3) is 0 Å². The maximum Gasteiger partial charge on any atom is 0.168 e. The van der Waals surface area contributed by atoms with Gasteiger partial charge in [0.05, 0.1) is 11.7 Å². The first-order chi connectivity index (χ1) is 10.3. The highest BCUT2D eigenvalue weighted by molar-refractivity contribution is 5.82. The number of hydrogen-bond acceptors (Lipinski definition) is 4. The van der Waals surface area contributed by atoms with E-state index in [9.17, 15) is 4.79 Å². The molecular formula is C17H14N2O2. The highest BCUT2D eigenvalue weighted by atomic mass is 16.5. The van der Waals surface area contributed by atoms with E-state index in [0.717, 1.165) is 22.2 Å². The number of ether oxygens (including phenoxy) is 1. The van der Waals surface area contributed by atoms with Crippen molar-refractivity contribution in [2.24, 2.45) is 0 Å². The van der Waals surface area contributed by atoms with E-state index in [4.69, 9.17) is 4.74 Å². The van der Waals surface area contributed by atoms with Crippen LogP contribution in [0.1, 0.15) is 21.7 Å². The SMILES string of the molecule is Cc1cc(COc2ccc(C=O)nc2)c2ccccc2n1. The molecule has 3 aromatic rings. The number of benzene rings is 1. The lowest BCUT2D eigenvalue weighted by Gasteiger charge is -2.09. The van der Waals surface area contributed by atoms with Gasteiger partial charge in [0.15, 0.2) is 6.29 Å². The monoisotopic (exact) mass is 278 g/mol. The number of carbonyl (C=O) groups is 1. The molecule has 0 fully saturated rings. The van der Waals surface area contributed by atoms with E-state index in [-0.39, 0.29) is 0 Å². The second-order valence-corrected chi connectivity index (χ2v) is 4.77. The van der Waals surface area contributed by atoms with Crippen LogP contribution in [-0.4, -0.2) is 16.3 Å². The third-order valence-electron chi connectivity index (χ3n) is 3.20. The van der Waals surface area contributed by atoms with Gasteiger partial charge in [-0.05, 0) is 31.2 Å². The molecule has 4 nitrogen and oxygen atoms in total. The second kappa shape index (κ2) is 5.71. The first-order valence-electron chi connectivity index (χ1n) is 6.65. The van der Waals surface area contributed by atoms with Gasteiger partial charge in [-0.25, -0.2) is 4.98 Å². The van der Waals surface area contributed by atoms with Gasteiger partial charge in [-0.1, -0.05) is 18.2 Å². The fourth-order valence-electron chi connectivity index (χ4n) is 2.22. The van der Waals surface area contributed by atoms with Crippen LogP contribution in [0.5, 0.6) is 5.75 Å². The first-order valence-corrected chi connectivity index (χ1v) is 6.65. The molecule has 1 aromatic carbocycles. The lowest BCUT2D eigenvalue weighted by Crippen LogP contribution is -1.99. The van der Waals surface area contributed by atoms with Gasteiger partial charge in [-0.3, -0.25) is 9.78 Å². The van der Waals surface area contributed by atoms with Gasteiger partial charge < -0.3 is 4.74 Å². The molecule has 0 aliphatic rings. The molecule has 104 valence electrons. The molecule has 4 heteroatoms. The van der Waals surface area contributed by atoms with Crippen molar-refractivity contribution < 1.29 is 9.53 Å². The van der Waals surface area contributed by atoms with Crippen LogP contribution in [0, 0.1) is 6.92 Å². The highest BCUT2D eigenvalue weighted by Crippen LogP contribution is 2.20. The minimum atomic E-state index is 0.396. The minimum Gasteiger partial charge on any atom is -0.487 e. The quantitative estimate of drug-likeness (QED) is 0.687. The van der Waals surface area contributed by atoms with Gasteiger partial charge in [0, 0.05) is 16.6 Å². The number of carbonyl (C=O) groups excluding carboxylic acids is 1. The zero-order chi connectivity index (χ0) is 14.7. The molecule has 0 spiro atoms. The average molecular weight is 278 g/mol. The van der Waals surface area contributed by atoms with Crippen molar-refractivity contribution in [3.63, 3.8) is 0 Å². The Hall–Kier alpha value is -2.75. The van der Waals surface area contributed by atoms with Crippen LogP contribution in [0.15, 0.2) is 48.7 Å². The number of aromatic nitrogens is 2. The third kappa shape index (κ3) is 2.89. The maximum atomic E-state index is 10.6. The lowest BCUT2D eigenvalue weighted by atomic mass is 10.1. The predicted molar refractivity (Wildman–Crippen MR) is 80.4 cm³/mol. The van der Waals surface area contributed by atoms with Gasteiger partial charge in [0.1, 0.15) is 18.1 Å². The van der Waals surface area contributed by atoms with Crippen molar-refractivity contribution in [1.82, 2.24) is 9.97 Å². The van der Waals surface area contributed by atoms with Crippen molar-refractivity contribution in [2.75, 3.05) is 0 Å². The van der Waals surface area contributed by atoms with Crippen molar-refractivity contribution in [1.29, 1.82) is 0 Å². The summed E-state index contributed by atoms with van der Waals surface area (Å²) in [4.78, 5) is 19.1. The van der Waals surface area contributed by atoms with Crippen LogP contribution >= 0.6 is 0 Å². The number of pyridine rings is 2. The summed E-state index contributed by atoms with van der Waals surface area (Å²) < 4.78 is 5.75. The molecule has 2 heterocycles. The fourth-order valence-corrected chi connectivity index (χ4v) is 2.22. The zero-order valence-corrected chi connectivity index (χ0v) is 11.6. The summed E-state index contributed by atoms with van der Waals surface area (Å²) in [5, 5.41) is 1.08. The van der Waals surface area contributed by atoms with Crippen LogP contribution < -0.4 is 4.74 Å². The molecule has 21 heavy (non-hydrogen) atoms. The van der Waals surface area contributed by atoms with E-state index in [1.807, 2.05) is 37.3 Å². The highest BCUT2D eigenvalue weighted by Gasteiger charge is 2.05. The smallest absolute Gasteiger partial charge is 0.168 e. The predicted octanol–water partition coefficient (Wildman–Crippen LogP) is 3.33. The van der Waals surface area contributed by atoms with Crippen LogP contribution in [0.2, 0.25) is 0 Å². The van der Waals surface area contributed by atoms with Crippen LogP contribution in [-0.2, 0) is 6.61 Å². The number of nitrogens with zero attached hydrogens (tertiary/aromatic N) is 2. The second-order valence-electron chi connectivity index (χ2n) is 4.77. The Morgan fingerprint density at radius 3 is 2.81 bits per heavy atom. The van der Waals surface area contributed by atoms with E-state index in [1.54, 1.807) is 18.3 Å². The summed E-state index contributed by atoms with van der Waals surface area (Å²) >= 11 is 0. The van der Waals surface area contributed by atoms with Crippen molar-refractivity contribution in [3.05, 3.63) is 65.6 Å². The van der Waals surface area contributed by atoms with Gasteiger partial charge in [-0.15, -0.1) is 0 Å². The molecule has 0 aliphatic heterocycles. The topological polar surface area (TPSA) is 52.1 Å². The van der Waals surface area contributed by atoms with E-state index in [0.29, 0.717) is 24.3 Å². The summed E-state index contributed by atoms with van der Waals surface area (Å²) in [6.45, 7) is 2.41. The van der Waals surface area contributed by atoms with E-state index in [2.05, 4.69) is 9.97 Å². The molecule has 0 N–H and O–H groups in total. The van der Waals surface area contributed by atoms with Gasteiger partial charge >= 0.3 is 0 Å². The Kier molecular flexibility index (Phi) is 3.60. The standard InChI is InChI=1S/C17H14N2O2/c1-12-8-13(16-4-2-3-5-17(16)19-12)11-21-15-7-6-14(10-20)18-9-15/h2-10H,11H2,1H3. The number of fused-ring (bicyclic) bond motifs is 1. The summed E-state index contributed by atoms with van der Waals surface area (Å²) in [5.41, 5.74) is 3.40. The van der Waals surface area contributed by atoms with Crippen LogP contribution in [0.3, 0.4) is 0 Å². The number of rotatable bonds is 4. The molecule has 0 amide bonds. The molecule has 0 radical (unpaired) electrons. The van der Waals surface area contributed by atoms with Gasteiger partial charge in [-0.2, -0.15) is 0 Å². The summed E-state index contributed by atoms with van der Waals surface area (Å²) in [6.07, 6.45) is 2.27. The molecule has 0 unspecified atom stereocenters. The third-order valence-corrected chi connectivity index (χ3v) is 3.20. The zero-order valence-electron chi connectivity index (χ0n) is 11.6. The Balaban J connectivity index is 1.85. The lowest BCUT2D eigenvalue weighted by molar-refractivity contribution is 0.111. The molecule has 0 aliphatic carbocycles. The molecule has 3 rings (SSSR count). The van der Waals surface area contributed by atoms with E-state index in [1.165, 1.54) is 0 Å². The molecule has 0 bridgehead atoms. The Morgan fingerprint density at radius 2 is 2.05 bits per heavy atom. The van der Waals surface area contributed by atoms with Crippen molar-refractivity contribution in [2.45, 2.75) is 13.5 Å². The molecule has 0 atom stereocenters. The number of aryl methyl sites for hydroxylation is 1. The molecule has 0 saturated heterocycles. The fraction of sp³-hybridized carbons (Fsp3) is 0.118. The Labute approximate surface area is 122 Å². The van der Waals surface area contributed by atoms with Crippen molar-refractivity contribution in [3.8, 4) is 5.75 Å².